The summed E-state index contributed by atoms with van der Waals surface area (Å²) >= 11 is -2.96. The summed E-state index contributed by atoms with van der Waals surface area (Å²) in [5, 5.41) is 5.54. The maximum atomic E-state index is 2.54. The number of fused-ring (bicyclic) bond motifs is 8. The second-order valence-electron chi connectivity index (χ2n) is 14.6. The SMILES string of the molecule is CC1=CC[C]([Zr](=[C](c2ccc(C)cc2)c2ccc(C)cc2)[CH]2c3ccccc3-c3c2c2ccccc2c2ccccc32)=C1C(C)(C)C. The molecule has 1 atom stereocenters. The van der Waals surface area contributed by atoms with Crippen molar-refractivity contribution in [1.82, 2.24) is 0 Å². The molecule has 0 fully saturated rings. The third-order valence-electron chi connectivity index (χ3n) is 10.4. The van der Waals surface area contributed by atoms with E-state index in [1.807, 2.05) is 0 Å². The van der Waals surface area contributed by atoms with Crippen molar-refractivity contribution in [3.8, 4) is 11.1 Å². The molecule has 0 radical (unpaired) electrons. The summed E-state index contributed by atoms with van der Waals surface area (Å²) in [6.07, 6.45) is 3.60. The van der Waals surface area contributed by atoms with Gasteiger partial charge in [-0.3, -0.25) is 0 Å². The zero-order chi connectivity index (χ0) is 32.4. The molecule has 6 aromatic carbocycles. The first-order valence-corrected chi connectivity index (χ1v) is 20.9. The van der Waals surface area contributed by atoms with E-state index in [1.165, 1.54) is 66.1 Å². The molecule has 0 spiro atoms. The number of hydrogen-bond donors (Lipinski definition) is 0. The Bertz CT molecular complexity index is 2250. The molecule has 0 nitrogen and oxygen atoms in total. The minimum absolute atomic E-state index is 0.0658. The Kier molecular flexibility index (Phi) is 7.53. The van der Waals surface area contributed by atoms with Crippen molar-refractivity contribution < 1.29 is 21.3 Å². The number of benzene rings is 6. The van der Waals surface area contributed by atoms with Gasteiger partial charge in [-0.15, -0.1) is 0 Å². The molecule has 0 heterocycles. The van der Waals surface area contributed by atoms with Crippen LogP contribution in [0, 0.1) is 19.3 Å². The Hall–Kier alpha value is -3.93. The number of allylic oxidation sites excluding steroid dienone is 4. The van der Waals surface area contributed by atoms with Gasteiger partial charge in [0.2, 0.25) is 0 Å². The van der Waals surface area contributed by atoms with Gasteiger partial charge in [0, 0.05) is 0 Å². The average molecular weight is 686 g/mol. The first-order chi connectivity index (χ1) is 22.7. The summed E-state index contributed by atoms with van der Waals surface area (Å²) in [6, 6.07) is 46.7. The molecule has 2 aliphatic carbocycles. The summed E-state index contributed by atoms with van der Waals surface area (Å²) in [5.41, 5.74) is 14.6. The van der Waals surface area contributed by atoms with E-state index < -0.39 is 21.3 Å². The van der Waals surface area contributed by atoms with Crippen molar-refractivity contribution >= 4 is 24.8 Å². The minimum atomic E-state index is -2.96. The van der Waals surface area contributed by atoms with Crippen molar-refractivity contribution in [3.05, 3.63) is 175 Å². The van der Waals surface area contributed by atoms with E-state index in [4.69, 9.17) is 0 Å². The van der Waals surface area contributed by atoms with Crippen molar-refractivity contribution in [1.29, 1.82) is 0 Å². The Morgan fingerprint density at radius 2 is 1.11 bits per heavy atom. The van der Waals surface area contributed by atoms with Crippen LogP contribution in [0.15, 0.2) is 142 Å². The fourth-order valence-electron chi connectivity index (χ4n) is 8.56. The first kappa shape index (κ1) is 30.4. The van der Waals surface area contributed by atoms with Crippen LogP contribution in [-0.4, -0.2) is 3.21 Å². The molecule has 8 rings (SSSR count). The summed E-state index contributed by atoms with van der Waals surface area (Å²) in [6.45, 7) is 14.1. The summed E-state index contributed by atoms with van der Waals surface area (Å²) in [7, 11) is 0. The summed E-state index contributed by atoms with van der Waals surface area (Å²) in [4.78, 5) is 0. The van der Waals surface area contributed by atoms with Gasteiger partial charge in [-0.05, 0) is 0 Å². The molecular weight excluding hydrogens is 644 g/mol. The topological polar surface area (TPSA) is 0 Å². The molecule has 230 valence electrons. The molecule has 1 heteroatoms. The van der Waals surface area contributed by atoms with E-state index in [1.54, 1.807) is 17.6 Å². The van der Waals surface area contributed by atoms with E-state index in [-0.39, 0.29) is 5.41 Å². The standard InChI is InChI=1S/C21H13.C15H14.C10H15.Zr/c1-2-8-15-14(7-1)13-20-18-11-4-3-9-16(18)17-10-5-6-12-19(17)21(15)20;1-12-3-7-14(8-4-12)11-15-9-5-13(2)6-10-15;1-8-6-5-7-9(8)10(2,3)4;/h1-13H;3-10H,1-2H3;6H,5H2,1-4H3;. The number of rotatable bonds is 4. The van der Waals surface area contributed by atoms with Crippen molar-refractivity contribution in [2.24, 2.45) is 5.41 Å². The van der Waals surface area contributed by atoms with Crippen LogP contribution in [-0.2, 0) is 21.3 Å². The molecule has 0 saturated carbocycles. The molecule has 0 bridgehead atoms. The fraction of sp³-hybridized carbons (Fsp3) is 0.196. The van der Waals surface area contributed by atoms with Gasteiger partial charge in [0.1, 0.15) is 0 Å². The number of aryl methyl sites for hydroxylation is 2. The molecule has 2 aliphatic rings. The van der Waals surface area contributed by atoms with E-state index in [0.29, 0.717) is 3.63 Å². The molecule has 47 heavy (non-hydrogen) atoms. The van der Waals surface area contributed by atoms with Crippen LogP contribution in [0.3, 0.4) is 0 Å². The van der Waals surface area contributed by atoms with Crippen LogP contribution in [0.5, 0.6) is 0 Å². The fourth-order valence-corrected chi connectivity index (χ4v) is 18.9. The van der Waals surface area contributed by atoms with Crippen LogP contribution in [0.25, 0.3) is 32.7 Å². The Labute approximate surface area is 287 Å². The van der Waals surface area contributed by atoms with Gasteiger partial charge in [0.05, 0.1) is 0 Å². The Morgan fingerprint density at radius 1 is 0.596 bits per heavy atom. The van der Waals surface area contributed by atoms with Crippen molar-refractivity contribution in [2.75, 3.05) is 0 Å². The average Bonchev–Trinajstić information content (AvgIpc) is 3.63. The van der Waals surface area contributed by atoms with Gasteiger partial charge in [-0.1, -0.05) is 0 Å². The normalized spacial score (nSPS) is 15.6. The van der Waals surface area contributed by atoms with E-state index in [2.05, 4.69) is 169 Å². The summed E-state index contributed by atoms with van der Waals surface area (Å²) < 4.78 is 3.73. The molecule has 0 amide bonds. The zero-order valence-corrected chi connectivity index (χ0v) is 30.9. The van der Waals surface area contributed by atoms with Gasteiger partial charge >= 0.3 is 289 Å². The quantitative estimate of drug-likeness (QED) is 0.162. The number of hydrogen-bond acceptors (Lipinski definition) is 0. The molecule has 0 aliphatic heterocycles. The molecular formula is C46H42Zr. The van der Waals surface area contributed by atoms with Crippen LogP contribution < -0.4 is 0 Å². The van der Waals surface area contributed by atoms with Gasteiger partial charge in [-0.2, -0.15) is 0 Å². The van der Waals surface area contributed by atoms with Gasteiger partial charge in [0.15, 0.2) is 0 Å². The zero-order valence-electron chi connectivity index (χ0n) is 28.4. The Balaban J connectivity index is 1.61. The van der Waals surface area contributed by atoms with Gasteiger partial charge in [-0.25, -0.2) is 0 Å². The van der Waals surface area contributed by atoms with Crippen LogP contribution in [0.2, 0.25) is 0 Å². The predicted molar refractivity (Wildman–Crippen MR) is 199 cm³/mol. The molecule has 6 aromatic rings. The second-order valence-corrected chi connectivity index (χ2v) is 20.8. The second kappa shape index (κ2) is 11.6. The van der Waals surface area contributed by atoms with Gasteiger partial charge in [0.25, 0.3) is 0 Å². The molecule has 0 aromatic heterocycles. The van der Waals surface area contributed by atoms with Crippen LogP contribution in [0.4, 0.5) is 0 Å². The van der Waals surface area contributed by atoms with Crippen LogP contribution >= 0.6 is 0 Å². The van der Waals surface area contributed by atoms with Crippen molar-refractivity contribution in [2.45, 2.75) is 51.6 Å². The van der Waals surface area contributed by atoms with Gasteiger partial charge < -0.3 is 0 Å². The maximum absolute atomic E-state index is 2.96. The third kappa shape index (κ3) is 5.01. The summed E-state index contributed by atoms with van der Waals surface area (Å²) in [5.74, 6) is 0. The first-order valence-electron chi connectivity index (χ1n) is 17.0. The Morgan fingerprint density at radius 3 is 1.70 bits per heavy atom. The predicted octanol–water partition coefficient (Wildman–Crippen LogP) is 12.2. The monoisotopic (exact) mass is 684 g/mol. The third-order valence-corrected chi connectivity index (χ3v) is 18.8. The molecule has 0 N–H and O–H groups in total. The van der Waals surface area contributed by atoms with Crippen LogP contribution in [0.1, 0.15) is 71.1 Å². The van der Waals surface area contributed by atoms with E-state index in [9.17, 15) is 0 Å². The molecule has 1 unspecified atom stereocenters. The van der Waals surface area contributed by atoms with E-state index >= 15 is 0 Å². The molecule has 0 saturated heterocycles. The van der Waals surface area contributed by atoms with E-state index in [0.717, 1.165) is 6.42 Å². The van der Waals surface area contributed by atoms with Crippen molar-refractivity contribution in [3.63, 3.8) is 0 Å².